The molecule has 4 heteroatoms. The maximum atomic E-state index is 6.48. The van der Waals surface area contributed by atoms with Gasteiger partial charge in [0.25, 0.3) is 0 Å². The summed E-state index contributed by atoms with van der Waals surface area (Å²) in [6.45, 7) is 0. The molecular formula is C51H33N3O. The summed E-state index contributed by atoms with van der Waals surface area (Å²) in [7, 11) is 0. The van der Waals surface area contributed by atoms with Crippen LogP contribution in [-0.4, -0.2) is 15.0 Å². The third kappa shape index (κ3) is 5.42. The summed E-state index contributed by atoms with van der Waals surface area (Å²) in [5.74, 6) is 2.33. The fraction of sp³-hybridized carbons (Fsp3) is 0.0392. The predicted octanol–water partition coefficient (Wildman–Crippen LogP) is 13.0. The Kier molecular flexibility index (Phi) is 7.27. The van der Waals surface area contributed by atoms with Gasteiger partial charge in [0.2, 0.25) is 0 Å². The van der Waals surface area contributed by atoms with Crippen molar-refractivity contribution in [2.45, 2.75) is 5.92 Å². The first kappa shape index (κ1) is 31.4. The second kappa shape index (κ2) is 12.8. The van der Waals surface area contributed by atoms with Crippen LogP contribution >= 0.6 is 0 Å². The average molecular weight is 704 g/mol. The van der Waals surface area contributed by atoms with E-state index >= 15 is 0 Å². The fourth-order valence-corrected chi connectivity index (χ4v) is 8.34. The zero-order chi connectivity index (χ0) is 36.3. The van der Waals surface area contributed by atoms with Crippen molar-refractivity contribution in [1.29, 1.82) is 0 Å². The van der Waals surface area contributed by atoms with E-state index in [0.717, 1.165) is 60.7 Å². The van der Waals surface area contributed by atoms with Crippen LogP contribution in [0.2, 0.25) is 0 Å². The molecule has 2 aromatic heterocycles. The van der Waals surface area contributed by atoms with E-state index in [1.54, 1.807) is 0 Å². The third-order valence-corrected chi connectivity index (χ3v) is 11.1. The Labute approximate surface area is 318 Å². The summed E-state index contributed by atoms with van der Waals surface area (Å²) in [4.78, 5) is 16.0. The van der Waals surface area contributed by atoms with E-state index in [1.807, 2.05) is 18.2 Å². The van der Waals surface area contributed by atoms with Crippen molar-refractivity contribution in [3.63, 3.8) is 0 Å². The highest BCUT2D eigenvalue weighted by molar-refractivity contribution is 6.15. The van der Waals surface area contributed by atoms with Gasteiger partial charge in [0.1, 0.15) is 11.2 Å². The number of allylic oxidation sites excluding steroid dienone is 5. The van der Waals surface area contributed by atoms with Crippen LogP contribution in [-0.2, 0) is 0 Å². The van der Waals surface area contributed by atoms with E-state index in [2.05, 4.69) is 170 Å². The normalized spacial score (nSPS) is 16.0. The lowest BCUT2D eigenvalue weighted by Crippen LogP contribution is -2.15. The number of fused-ring (bicyclic) bond motifs is 7. The molecule has 11 rings (SSSR count). The Hall–Kier alpha value is -7.17. The van der Waals surface area contributed by atoms with Crippen LogP contribution in [0.3, 0.4) is 0 Å². The Morgan fingerprint density at radius 2 is 1.16 bits per heavy atom. The lowest BCUT2D eigenvalue weighted by Gasteiger charge is -2.28. The SMILES string of the molecule is C1=CC2C=Cc3ccccc3C2C=C1c1nc(-c2ccc3ccccc3c2)nc(-c2c(-c3ccc(-c4ccccc4)cc3)ccc3oc4ccccc4c23)n1. The van der Waals surface area contributed by atoms with E-state index < -0.39 is 0 Å². The first-order valence-electron chi connectivity index (χ1n) is 18.8. The summed E-state index contributed by atoms with van der Waals surface area (Å²) >= 11 is 0. The molecule has 55 heavy (non-hydrogen) atoms. The molecule has 0 radical (unpaired) electrons. The molecule has 2 atom stereocenters. The van der Waals surface area contributed by atoms with Crippen LogP contribution in [0, 0.1) is 5.92 Å². The second-order valence-corrected chi connectivity index (χ2v) is 14.3. The van der Waals surface area contributed by atoms with Gasteiger partial charge < -0.3 is 4.42 Å². The number of rotatable bonds is 5. The van der Waals surface area contributed by atoms with Gasteiger partial charge in [0, 0.05) is 39.3 Å². The number of benzene rings is 7. The Morgan fingerprint density at radius 3 is 2.07 bits per heavy atom. The minimum absolute atomic E-state index is 0.186. The molecule has 2 heterocycles. The second-order valence-electron chi connectivity index (χ2n) is 14.3. The summed E-state index contributed by atoms with van der Waals surface area (Å²) < 4.78 is 6.48. The number of hydrogen-bond acceptors (Lipinski definition) is 4. The first-order valence-corrected chi connectivity index (χ1v) is 18.8. The van der Waals surface area contributed by atoms with E-state index in [1.165, 1.54) is 22.1 Å². The standard InChI is InChI=1S/C51H33N3O/c1-2-10-32(11-3-1)34-18-21-36(22-19-34)42-28-29-46-47(43-16-8-9-17-45(43)55-46)48(42)51-53-49(39-26-20-33-12-4-5-14-38(33)30-39)52-50(54-51)40-27-25-37-24-23-35-13-6-7-15-41(35)44(37)31-40/h1-31,37,44H. The smallest absolute Gasteiger partial charge is 0.165 e. The van der Waals surface area contributed by atoms with Gasteiger partial charge in [0.15, 0.2) is 17.5 Å². The number of hydrogen-bond donors (Lipinski definition) is 0. The van der Waals surface area contributed by atoms with Crippen LogP contribution in [0.4, 0.5) is 0 Å². The Balaban J connectivity index is 1.16. The van der Waals surface area contributed by atoms with Crippen LogP contribution in [0.25, 0.3) is 89.4 Å². The van der Waals surface area contributed by atoms with Gasteiger partial charge in [-0.25, -0.2) is 15.0 Å². The van der Waals surface area contributed by atoms with Gasteiger partial charge in [-0.05, 0) is 68.4 Å². The minimum Gasteiger partial charge on any atom is -0.456 e. The molecule has 0 saturated carbocycles. The van der Waals surface area contributed by atoms with Gasteiger partial charge in [-0.15, -0.1) is 0 Å². The molecule has 2 aliphatic rings. The zero-order valence-corrected chi connectivity index (χ0v) is 29.8. The molecule has 0 N–H and O–H groups in total. The maximum Gasteiger partial charge on any atom is 0.165 e. The van der Waals surface area contributed by atoms with Crippen molar-refractivity contribution < 1.29 is 4.42 Å². The number of aromatic nitrogens is 3. The maximum absolute atomic E-state index is 6.48. The van der Waals surface area contributed by atoms with E-state index in [9.17, 15) is 0 Å². The summed E-state index contributed by atoms with van der Waals surface area (Å²) in [6.07, 6.45) is 11.3. The number of nitrogens with zero attached hydrogens (tertiary/aromatic N) is 3. The molecule has 0 amide bonds. The van der Waals surface area contributed by atoms with Crippen molar-refractivity contribution in [2.75, 3.05) is 0 Å². The first-order chi connectivity index (χ1) is 27.2. The molecule has 258 valence electrons. The Morgan fingerprint density at radius 1 is 0.473 bits per heavy atom. The molecule has 0 aliphatic heterocycles. The molecule has 2 aliphatic carbocycles. The van der Waals surface area contributed by atoms with Crippen LogP contribution in [0.1, 0.15) is 22.9 Å². The van der Waals surface area contributed by atoms with E-state index in [-0.39, 0.29) is 11.8 Å². The van der Waals surface area contributed by atoms with Gasteiger partial charge in [-0.3, -0.25) is 0 Å². The molecule has 0 saturated heterocycles. The van der Waals surface area contributed by atoms with Gasteiger partial charge in [-0.2, -0.15) is 0 Å². The lowest BCUT2D eigenvalue weighted by molar-refractivity contribution is 0.669. The molecule has 2 unspecified atom stereocenters. The molecule has 0 fully saturated rings. The third-order valence-electron chi connectivity index (χ3n) is 11.1. The van der Waals surface area contributed by atoms with Gasteiger partial charge in [-0.1, -0.05) is 164 Å². The summed E-state index contributed by atoms with van der Waals surface area (Å²) in [5, 5.41) is 4.32. The van der Waals surface area contributed by atoms with E-state index in [4.69, 9.17) is 19.4 Å². The van der Waals surface area contributed by atoms with E-state index in [0.29, 0.717) is 17.5 Å². The highest BCUT2D eigenvalue weighted by Gasteiger charge is 2.28. The zero-order valence-electron chi connectivity index (χ0n) is 29.8. The molecule has 7 aromatic carbocycles. The van der Waals surface area contributed by atoms with Crippen LogP contribution < -0.4 is 0 Å². The van der Waals surface area contributed by atoms with Gasteiger partial charge in [0.05, 0.1) is 0 Å². The van der Waals surface area contributed by atoms with Gasteiger partial charge >= 0.3 is 0 Å². The van der Waals surface area contributed by atoms with Crippen LogP contribution in [0.5, 0.6) is 0 Å². The lowest BCUT2D eigenvalue weighted by atomic mass is 9.76. The summed E-state index contributed by atoms with van der Waals surface area (Å²) in [6, 6.07) is 55.2. The summed E-state index contributed by atoms with van der Waals surface area (Å²) in [5.41, 5.74) is 11.5. The average Bonchev–Trinajstić information content (AvgIpc) is 3.65. The molecule has 9 aromatic rings. The minimum atomic E-state index is 0.186. The highest BCUT2D eigenvalue weighted by atomic mass is 16.3. The quantitative estimate of drug-likeness (QED) is 0.179. The molecular weight excluding hydrogens is 671 g/mol. The topological polar surface area (TPSA) is 51.8 Å². The molecule has 0 spiro atoms. The van der Waals surface area contributed by atoms with Crippen molar-refractivity contribution in [2.24, 2.45) is 5.92 Å². The predicted molar refractivity (Wildman–Crippen MR) is 225 cm³/mol. The number of para-hydroxylation sites is 1. The highest BCUT2D eigenvalue weighted by Crippen LogP contribution is 2.44. The molecule has 0 bridgehead atoms. The van der Waals surface area contributed by atoms with Crippen molar-refractivity contribution in [3.05, 3.63) is 199 Å². The fourth-order valence-electron chi connectivity index (χ4n) is 8.34. The largest absolute Gasteiger partial charge is 0.456 e. The Bertz CT molecular complexity index is 3040. The van der Waals surface area contributed by atoms with Crippen molar-refractivity contribution >= 4 is 44.4 Å². The van der Waals surface area contributed by atoms with Crippen LogP contribution in [0.15, 0.2) is 186 Å². The van der Waals surface area contributed by atoms with Crippen molar-refractivity contribution in [3.8, 4) is 45.0 Å². The van der Waals surface area contributed by atoms with Crippen molar-refractivity contribution in [1.82, 2.24) is 15.0 Å². The monoisotopic (exact) mass is 703 g/mol. The number of furan rings is 1. The molecule has 4 nitrogen and oxygen atoms in total.